The van der Waals surface area contributed by atoms with Crippen LogP contribution in [0.3, 0.4) is 0 Å². The minimum Gasteiger partial charge on any atom is -0.381 e. The van der Waals surface area contributed by atoms with E-state index >= 15 is 0 Å². The van der Waals surface area contributed by atoms with Gasteiger partial charge in [-0.25, -0.2) is 0 Å². The van der Waals surface area contributed by atoms with Crippen molar-refractivity contribution in [3.63, 3.8) is 0 Å². The van der Waals surface area contributed by atoms with Crippen molar-refractivity contribution in [2.24, 2.45) is 11.8 Å². The Bertz CT molecular complexity index is 766. The van der Waals surface area contributed by atoms with Gasteiger partial charge in [0.2, 0.25) is 5.89 Å². The van der Waals surface area contributed by atoms with Gasteiger partial charge < -0.3 is 14.2 Å². The number of hydrogen-bond donors (Lipinski definition) is 0. The summed E-state index contributed by atoms with van der Waals surface area (Å²) in [5, 5.41) is 8.12. The molecular weight excluding hydrogens is 334 g/mol. The van der Waals surface area contributed by atoms with Crippen LogP contribution < -0.4 is 0 Å². The van der Waals surface area contributed by atoms with Gasteiger partial charge in [0, 0.05) is 38.4 Å². The van der Waals surface area contributed by atoms with Crippen LogP contribution in [-0.2, 0) is 11.3 Å². The number of likely N-dealkylation sites (tertiary alicyclic amines) is 1. The highest BCUT2D eigenvalue weighted by atomic mass is 16.5. The fraction of sp³-hybridized carbons (Fsp3) is 0.667. The molecule has 0 N–H and O–H groups in total. The highest BCUT2D eigenvalue weighted by molar-refractivity contribution is 5.94. The maximum atomic E-state index is 12.9. The van der Waals surface area contributed by atoms with Gasteiger partial charge in [-0.1, -0.05) is 5.16 Å². The van der Waals surface area contributed by atoms with Crippen LogP contribution in [0.25, 0.3) is 0 Å². The molecule has 1 amide bonds. The van der Waals surface area contributed by atoms with E-state index in [1.165, 1.54) is 12.8 Å². The van der Waals surface area contributed by atoms with Crippen molar-refractivity contribution in [2.45, 2.75) is 39.2 Å². The zero-order valence-corrected chi connectivity index (χ0v) is 15.3. The van der Waals surface area contributed by atoms with E-state index in [1.807, 2.05) is 18.7 Å². The number of hydrogen-bond acceptors (Lipinski definition) is 6. The number of rotatable bonds is 7. The van der Waals surface area contributed by atoms with E-state index in [2.05, 4.69) is 15.2 Å². The van der Waals surface area contributed by atoms with Crippen LogP contribution in [0.1, 0.15) is 47.8 Å². The van der Waals surface area contributed by atoms with Gasteiger partial charge in [-0.15, -0.1) is 0 Å². The summed E-state index contributed by atoms with van der Waals surface area (Å²) in [5.41, 5.74) is 0.617. The molecule has 2 atom stereocenters. The third kappa shape index (κ3) is 3.65. The Balaban J connectivity index is 1.46. The second kappa shape index (κ2) is 7.19. The smallest absolute Gasteiger partial charge is 0.257 e. The SMILES string of the molecule is CCn1cc(C(=O)N2C[C@@H](COCC3CC3)[C@H](c3nc(C)no3)C2)cn1. The van der Waals surface area contributed by atoms with E-state index in [9.17, 15) is 4.79 Å². The molecule has 0 radical (unpaired) electrons. The molecule has 8 nitrogen and oxygen atoms in total. The van der Waals surface area contributed by atoms with Crippen LogP contribution in [0.15, 0.2) is 16.9 Å². The first kappa shape index (κ1) is 17.2. The second-order valence-electron chi connectivity index (χ2n) is 7.32. The molecule has 0 bridgehead atoms. The number of aromatic nitrogens is 4. The van der Waals surface area contributed by atoms with Crippen LogP contribution >= 0.6 is 0 Å². The third-order valence-electron chi connectivity index (χ3n) is 5.18. The molecule has 8 heteroatoms. The second-order valence-corrected chi connectivity index (χ2v) is 7.32. The molecule has 1 aliphatic carbocycles. The summed E-state index contributed by atoms with van der Waals surface area (Å²) in [5.74, 6) is 2.11. The average Bonchev–Trinajstić information content (AvgIpc) is 3.03. The third-order valence-corrected chi connectivity index (χ3v) is 5.18. The summed E-state index contributed by atoms with van der Waals surface area (Å²) >= 11 is 0. The van der Waals surface area contributed by atoms with Crippen molar-refractivity contribution in [1.29, 1.82) is 0 Å². The van der Waals surface area contributed by atoms with Crippen molar-refractivity contribution in [2.75, 3.05) is 26.3 Å². The van der Waals surface area contributed by atoms with E-state index < -0.39 is 0 Å². The van der Waals surface area contributed by atoms with Crippen molar-refractivity contribution in [3.05, 3.63) is 29.7 Å². The first-order valence-electron chi connectivity index (χ1n) is 9.33. The van der Waals surface area contributed by atoms with Crippen molar-refractivity contribution < 1.29 is 14.1 Å². The van der Waals surface area contributed by atoms with Gasteiger partial charge in [0.1, 0.15) is 0 Å². The molecule has 2 aromatic heterocycles. The maximum Gasteiger partial charge on any atom is 0.257 e. The summed E-state index contributed by atoms with van der Waals surface area (Å²) in [6.45, 7) is 7.17. The first-order valence-corrected chi connectivity index (χ1v) is 9.33. The van der Waals surface area contributed by atoms with E-state index in [4.69, 9.17) is 9.26 Å². The molecular formula is C18H25N5O3. The molecule has 2 aromatic rings. The predicted octanol–water partition coefficient (Wildman–Crippen LogP) is 1.88. The summed E-state index contributed by atoms with van der Waals surface area (Å²) in [7, 11) is 0. The molecule has 2 aliphatic rings. The lowest BCUT2D eigenvalue weighted by Crippen LogP contribution is -2.29. The van der Waals surface area contributed by atoms with Crippen molar-refractivity contribution in [3.8, 4) is 0 Å². The minimum absolute atomic E-state index is 0.00405. The fourth-order valence-corrected chi connectivity index (χ4v) is 3.45. The van der Waals surface area contributed by atoms with Gasteiger partial charge in [-0.2, -0.15) is 10.1 Å². The Hall–Kier alpha value is -2.22. The molecule has 0 spiro atoms. The molecule has 0 unspecified atom stereocenters. The number of amides is 1. The average molecular weight is 359 g/mol. The molecule has 140 valence electrons. The minimum atomic E-state index is -0.00405. The lowest BCUT2D eigenvalue weighted by molar-refractivity contribution is 0.0736. The lowest BCUT2D eigenvalue weighted by atomic mass is 9.97. The largest absolute Gasteiger partial charge is 0.381 e. The number of aryl methyl sites for hydroxylation is 2. The van der Waals surface area contributed by atoms with Crippen LogP contribution in [-0.4, -0.2) is 57.0 Å². The number of carbonyl (C=O) groups is 1. The summed E-state index contributed by atoms with van der Waals surface area (Å²) in [6, 6.07) is 0. The van der Waals surface area contributed by atoms with Crippen LogP contribution in [0.5, 0.6) is 0 Å². The highest BCUT2D eigenvalue weighted by Crippen LogP contribution is 2.34. The van der Waals surface area contributed by atoms with Gasteiger partial charge in [-0.05, 0) is 32.6 Å². The Kier molecular flexibility index (Phi) is 4.76. The molecule has 0 aromatic carbocycles. The molecule has 26 heavy (non-hydrogen) atoms. The normalized spacial score (nSPS) is 22.9. The van der Waals surface area contributed by atoms with Crippen LogP contribution in [0.2, 0.25) is 0 Å². The lowest BCUT2D eigenvalue weighted by Gasteiger charge is -2.15. The molecule has 3 heterocycles. The van der Waals surface area contributed by atoms with Gasteiger partial charge in [0.25, 0.3) is 5.91 Å². The van der Waals surface area contributed by atoms with E-state index in [0.29, 0.717) is 37.0 Å². The monoisotopic (exact) mass is 359 g/mol. The number of carbonyl (C=O) groups excluding carboxylic acids is 1. The fourth-order valence-electron chi connectivity index (χ4n) is 3.45. The molecule has 1 aliphatic heterocycles. The molecule has 1 saturated carbocycles. The molecule has 4 rings (SSSR count). The summed E-state index contributed by atoms with van der Waals surface area (Å²) in [4.78, 5) is 19.1. The maximum absolute atomic E-state index is 12.9. The van der Waals surface area contributed by atoms with Crippen molar-refractivity contribution >= 4 is 5.91 Å². The Morgan fingerprint density at radius 3 is 2.85 bits per heavy atom. The van der Waals surface area contributed by atoms with E-state index in [-0.39, 0.29) is 17.7 Å². The van der Waals surface area contributed by atoms with Crippen LogP contribution in [0, 0.1) is 18.8 Å². The zero-order valence-electron chi connectivity index (χ0n) is 15.3. The number of ether oxygens (including phenoxy) is 1. The van der Waals surface area contributed by atoms with Crippen LogP contribution in [0.4, 0.5) is 0 Å². The first-order chi connectivity index (χ1) is 12.6. The topological polar surface area (TPSA) is 86.3 Å². The van der Waals surface area contributed by atoms with E-state index in [1.54, 1.807) is 17.1 Å². The Labute approximate surface area is 152 Å². The summed E-state index contributed by atoms with van der Waals surface area (Å²) in [6.07, 6.45) is 5.96. The highest BCUT2D eigenvalue weighted by Gasteiger charge is 2.40. The van der Waals surface area contributed by atoms with Crippen molar-refractivity contribution in [1.82, 2.24) is 24.8 Å². The predicted molar refractivity (Wildman–Crippen MR) is 92.6 cm³/mol. The van der Waals surface area contributed by atoms with Gasteiger partial charge in [-0.3, -0.25) is 9.48 Å². The Morgan fingerprint density at radius 2 is 2.19 bits per heavy atom. The van der Waals surface area contributed by atoms with Gasteiger partial charge >= 0.3 is 0 Å². The van der Waals surface area contributed by atoms with Gasteiger partial charge in [0.05, 0.1) is 24.3 Å². The molecule has 2 fully saturated rings. The standard InChI is InChI=1S/C18H25N5O3/c1-3-23-8-14(6-19-23)18(24)22-7-15(11-25-10-13-4-5-13)16(9-22)17-20-12(2)21-26-17/h6,8,13,15-16H,3-5,7,9-11H2,1-2H3/t15-,16+/m0/s1. The number of nitrogens with zero attached hydrogens (tertiary/aromatic N) is 5. The zero-order chi connectivity index (χ0) is 18.1. The van der Waals surface area contributed by atoms with E-state index in [0.717, 1.165) is 19.1 Å². The quantitative estimate of drug-likeness (QED) is 0.750. The van der Waals surface area contributed by atoms with Gasteiger partial charge in [0.15, 0.2) is 5.82 Å². The molecule has 1 saturated heterocycles. The summed E-state index contributed by atoms with van der Waals surface area (Å²) < 4.78 is 13.1. The Morgan fingerprint density at radius 1 is 1.35 bits per heavy atom.